The van der Waals surface area contributed by atoms with Crippen molar-refractivity contribution >= 4 is 17.6 Å². The van der Waals surface area contributed by atoms with Crippen molar-refractivity contribution in [3.05, 3.63) is 65.2 Å². The number of hydrogen-bond acceptors (Lipinski definition) is 2. The molecule has 2 atom stereocenters. The van der Waals surface area contributed by atoms with Crippen LogP contribution in [0.2, 0.25) is 0 Å². The van der Waals surface area contributed by atoms with Gasteiger partial charge in [0.1, 0.15) is 0 Å². The van der Waals surface area contributed by atoms with E-state index in [1.807, 2.05) is 4.90 Å². The van der Waals surface area contributed by atoms with Gasteiger partial charge in [-0.05, 0) is 49.4 Å². The maximum absolute atomic E-state index is 12.9. The fourth-order valence-corrected chi connectivity index (χ4v) is 3.63. The molecule has 0 aliphatic carbocycles. The lowest BCUT2D eigenvalue weighted by Crippen LogP contribution is -2.44. The molecule has 3 amide bonds. The van der Waals surface area contributed by atoms with Gasteiger partial charge in [0, 0.05) is 17.8 Å². The first kappa shape index (κ1) is 18.0. The Morgan fingerprint density at radius 2 is 1.88 bits per heavy atom. The van der Waals surface area contributed by atoms with Crippen LogP contribution >= 0.6 is 0 Å². The minimum Gasteiger partial charge on any atom is -0.366 e. The first-order chi connectivity index (χ1) is 12.5. The summed E-state index contributed by atoms with van der Waals surface area (Å²) in [6, 6.07) is 15.0. The van der Waals surface area contributed by atoms with Crippen molar-refractivity contribution in [2.24, 2.45) is 11.7 Å². The third kappa shape index (κ3) is 3.87. The van der Waals surface area contributed by atoms with Gasteiger partial charge in [-0.2, -0.15) is 0 Å². The number of aryl methyl sites for hydroxylation is 1. The van der Waals surface area contributed by atoms with Gasteiger partial charge >= 0.3 is 6.03 Å². The molecule has 3 N–H and O–H groups in total. The molecular formula is C21H25N3O2. The Balaban J connectivity index is 1.82. The number of carbonyl (C=O) groups excluding carboxylic acids is 2. The highest BCUT2D eigenvalue weighted by Crippen LogP contribution is 2.36. The summed E-state index contributed by atoms with van der Waals surface area (Å²) >= 11 is 0. The van der Waals surface area contributed by atoms with Crippen LogP contribution < -0.4 is 11.1 Å². The van der Waals surface area contributed by atoms with Crippen LogP contribution in [-0.4, -0.2) is 23.4 Å². The number of anilines is 1. The summed E-state index contributed by atoms with van der Waals surface area (Å²) in [5, 5.41) is 2.92. The van der Waals surface area contributed by atoms with Crippen molar-refractivity contribution < 1.29 is 9.59 Å². The Hall–Kier alpha value is -2.82. The van der Waals surface area contributed by atoms with Gasteiger partial charge in [0.05, 0.1) is 6.04 Å². The first-order valence-corrected chi connectivity index (χ1v) is 9.00. The van der Waals surface area contributed by atoms with Gasteiger partial charge in [0.2, 0.25) is 5.91 Å². The van der Waals surface area contributed by atoms with Crippen molar-refractivity contribution in [2.75, 3.05) is 11.9 Å². The second-order valence-corrected chi connectivity index (χ2v) is 7.04. The van der Waals surface area contributed by atoms with Crippen LogP contribution in [0.5, 0.6) is 0 Å². The van der Waals surface area contributed by atoms with Crippen molar-refractivity contribution in [1.29, 1.82) is 0 Å². The number of piperidine rings is 1. The maximum atomic E-state index is 12.9. The van der Waals surface area contributed by atoms with E-state index in [4.69, 9.17) is 5.73 Å². The van der Waals surface area contributed by atoms with E-state index in [1.54, 1.807) is 24.3 Å². The summed E-state index contributed by atoms with van der Waals surface area (Å²) in [6.45, 7) is 4.96. The molecule has 0 saturated carbocycles. The molecule has 0 spiro atoms. The molecule has 0 aromatic heterocycles. The zero-order valence-electron chi connectivity index (χ0n) is 15.2. The molecule has 3 rings (SSSR count). The van der Waals surface area contributed by atoms with Crippen molar-refractivity contribution in [3.8, 4) is 0 Å². The summed E-state index contributed by atoms with van der Waals surface area (Å²) in [6.07, 6.45) is 2.08. The lowest BCUT2D eigenvalue weighted by Gasteiger charge is -2.40. The van der Waals surface area contributed by atoms with E-state index in [1.165, 1.54) is 5.56 Å². The number of benzene rings is 2. The SMILES string of the molecule is Cc1ccc(C2C(C)CCCN2C(=O)Nc2cccc(C(N)=O)c2)cc1. The molecule has 1 heterocycles. The predicted molar refractivity (Wildman–Crippen MR) is 103 cm³/mol. The Morgan fingerprint density at radius 1 is 1.15 bits per heavy atom. The molecule has 5 nitrogen and oxygen atoms in total. The first-order valence-electron chi connectivity index (χ1n) is 9.00. The molecule has 2 aromatic rings. The molecule has 26 heavy (non-hydrogen) atoms. The van der Waals surface area contributed by atoms with E-state index in [-0.39, 0.29) is 12.1 Å². The van der Waals surface area contributed by atoms with E-state index >= 15 is 0 Å². The van der Waals surface area contributed by atoms with Gasteiger partial charge in [-0.25, -0.2) is 4.79 Å². The average Bonchev–Trinajstić information content (AvgIpc) is 2.62. The number of hydrogen-bond donors (Lipinski definition) is 2. The second-order valence-electron chi connectivity index (χ2n) is 7.04. The number of rotatable bonds is 3. The number of urea groups is 1. The molecule has 1 aliphatic heterocycles. The van der Waals surface area contributed by atoms with E-state index in [0.717, 1.165) is 18.4 Å². The number of nitrogens with two attached hydrogens (primary N) is 1. The molecule has 2 unspecified atom stereocenters. The largest absolute Gasteiger partial charge is 0.366 e. The normalized spacial score (nSPS) is 19.8. The van der Waals surface area contributed by atoms with Crippen molar-refractivity contribution in [2.45, 2.75) is 32.7 Å². The molecule has 5 heteroatoms. The molecule has 1 saturated heterocycles. The second kappa shape index (κ2) is 7.60. The maximum Gasteiger partial charge on any atom is 0.322 e. The molecule has 0 bridgehead atoms. The standard InChI is InChI=1S/C21H25N3O2/c1-14-8-10-16(11-9-14)19-15(2)5-4-12-24(19)21(26)23-18-7-3-6-17(13-18)20(22)25/h3,6-11,13,15,19H,4-5,12H2,1-2H3,(H2,22,25)(H,23,26). The summed E-state index contributed by atoms with van der Waals surface area (Å²) in [5.74, 6) is -0.126. The minimum atomic E-state index is -0.509. The summed E-state index contributed by atoms with van der Waals surface area (Å²) in [5.41, 5.74) is 8.64. The van der Waals surface area contributed by atoms with Crippen molar-refractivity contribution in [1.82, 2.24) is 4.90 Å². The van der Waals surface area contributed by atoms with E-state index in [9.17, 15) is 9.59 Å². The van der Waals surface area contributed by atoms with Gasteiger partial charge < -0.3 is 16.0 Å². The zero-order chi connectivity index (χ0) is 18.7. The number of nitrogens with one attached hydrogen (secondary N) is 1. The van der Waals surface area contributed by atoms with Crippen LogP contribution in [0.25, 0.3) is 0 Å². The zero-order valence-corrected chi connectivity index (χ0v) is 15.2. The lowest BCUT2D eigenvalue weighted by atomic mass is 9.86. The van der Waals surface area contributed by atoms with Crippen LogP contribution in [0.15, 0.2) is 48.5 Å². The molecule has 136 valence electrons. The van der Waals surface area contributed by atoms with Crippen LogP contribution in [0.1, 0.15) is 47.3 Å². The molecular weight excluding hydrogens is 326 g/mol. The van der Waals surface area contributed by atoms with Gasteiger partial charge in [-0.1, -0.05) is 42.8 Å². The van der Waals surface area contributed by atoms with Crippen molar-refractivity contribution in [3.63, 3.8) is 0 Å². The van der Waals surface area contributed by atoms with Gasteiger partial charge in [0.25, 0.3) is 0 Å². The van der Waals surface area contributed by atoms with E-state index in [0.29, 0.717) is 23.7 Å². The number of carbonyl (C=O) groups is 2. The van der Waals surface area contributed by atoms with Crippen LogP contribution in [0, 0.1) is 12.8 Å². The Bertz CT molecular complexity index is 801. The van der Waals surface area contributed by atoms with Crippen LogP contribution in [0.4, 0.5) is 10.5 Å². The summed E-state index contributed by atoms with van der Waals surface area (Å²) in [4.78, 5) is 26.2. The summed E-state index contributed by atoms with van der Waals surface area (Å²) in [7, 11) is 0. The average molecular weight is 351 g/mol. The van der Waals surface area contributed by atoms with Gasteiger partial charge in [-0.3, -0.25) is 4.79 Å². The number of nitrogens with zero attached hydrogens (tertiary/aromatic N) is 1. The minimum absolute atomic E-state index is 0.0451. The molecule has 1 fully saturated rings. The lowest BCUT2D eigenvalue weighted by molar-refractivity contribution is 0.1000. The van der Waals surface area contributed by atoms with Crippen LogP contribution in [0.3, 0.4) is 0 Å². The predicted octanol–water partition coefficient (Wildman–Crippen LogP) is 4.10. The molecule has 1 aliphatic rings. The fourth-order valence-electron chi connectivity index (χ4n) is 3.63. The Labute approximate surface area is 154 Å². The molecule has 2 aromatic carbocycles. The fraction of sp³-hybridized carbons (Fsp3) is 0.333. The third-order valence-electron chi connectivity index (χ3n) is 5.01. The highest BCUT2D eigenvalue weighted by Gasteiger charge is 2.33. The monoisotopic (exact) mass is 351 g/mol. The van der Waals surface area contributed by atoms with Gasteiger partial charge in [-0.15, -0.1) is 0 Å². The number of amides is 3. The highest BCUT2D eigenvalue weighted by atomic mass is 16.2. The van der Waals surface area contributed by atoms with E-state index < -0.39 is 5.91 Å². The Kier molecular flexibility index (Phi) is 5.26. The summed E-state index contributed by atoms with van der Waals surface area (Å²) < 4.78 is 0. The van der Waals surface area contributed by atoms with Crippen LogP contribution in [-0.2, 0) is 0 Å². The van der Waals surface area contributed by atoms with Gasteiger partial charge in [0.15, 0.2) is 0 Å². The topological polar surface area (TPSA) is 75.4 Å². The molecule has 0 radical (unpaired) electrons. The number of likely N-dealkylation sites (tertiary alicyclic amines) is 1. The van der Waals surface area contributed by atoms with E-state index in [2.05, 4.69) is 43.4 Å². The smallest absolute Gasteiger partial charge is 0.322 e. The Morgan fingerprint density at radius 3 is 2.58 bits per heavy atom. The number of primary amides is 1. The third-order valence-corrected chi connectivity index (χ3v) is 5.01. The quantitative estimate of drug-likeness (QED) is 0.873. The highest BCUT2D eigenvalue weighted by molar-refractivity contribution is 5.96.